The molecular formula is C16H20N2O. The molecule has 0 saturated heterocycles. The summed E-state index contributed by atoms with van der Waals surface area (Å²) in [4.78, 5) is 4.32. The third-order valence-corrected chi connectivity index (χ3v) is 2.92. The molecule has 0 fully saturated rings. The number of ether oxygens (including phenoxy) is 1. The number of pyridine rings is 1. The van der Waals surface area contributed by atoms with E-state index in [1.165, 1.54) is 5.56 Å². The van der Waals surface area contributed by atoms with E-state index in [4.69, 9.17) is 4.74 Å². The Balaban J connectivity index is 2.16. The van der Waals surface area contributed by atoms with Crippen LogP contribution in [0.15, 0.2) is 36.5 Å². The van der Waals surface area contributed by atoms with E-state index >= 15 is 0 Å². The zero-order valence-corrected chi connectivity index (χ0v) is 11.7. The van der Waals surface area contributed by atoms with Crippen LogP contribution in [0.5, 0.6) is 11.5 Å². The topological polar surface area (TPSA) is 34.1 Å². The molecular weight excluding hydrogens is 236 g/mol. The lowest BCUT2D eigenvalue weighted by Crippen LogP contribution is -2.12. The molecule has 0 bridgehead atoms. The molecule has 1 aromatic heterocycles. The van der Waals surface area contributed by atoms with Gasteiger partial charge >= 0.3 is 0 Å². The van der Waals surface area contributed by atoms with E-state index in [1.54, 1.807) is 6.20 Å². The number of hydrogen-bond acceptors (Lipinski definition) is 3. The van der Waals surface area contributed by atoms with Crippen molar-refractivity contribution in [1.29, 1.82) is 0 Å². The first kappa shape index (κ1) is 13.6. The van der Waals surface area contributed by atoms with Gasteiger partial charge in [0.1, 0.15) is 11.5 Å². The van der Waals surface area contributed by atoms with Gasteiger partial charge < -0.3 is 10.1 Å². The molecule has 2 aromatic rings. The fourth-order valence-corrected chi connectivity index (χ4v) is 1.81. The van der Waals surface area contributed by atoms with Crippen LogP contribution in [0.3, 0.4) is 0 Å². The van der Waals surface area contributed by atoms with Crippen LogP contribution in [0.1, 0.15) is 23.7 Å². The molecule has 0 amide bonds. The summed E-state index contributed by atoms with van der Waals surface area (Å²) in [5, 5.41) is 3.26. The van der Waals surface area contributed by atoms with Crippen molar-refractivity contribution in [3.05, 3.63) is 53.3 Å². The van der Waals surface area contributed by atoms with Crippen LogP contribution in [-0.4, -0.2) is 11.5 Å². The first-order valence-electron chi connectivity index (χ1n) is 6.60. The fourth-order valence-electron chi connectivity index (χ4n) is 1.81. The first-order valence-corrected chi connectivity index (χ1v) is 6.60. The zero-order chi connectivity index (χ0) is 13.7. The van der Waals surface area contributed by atoms with Crippen molar-refractivity contribution in [1.82, 2.24) is 10.3 Å². The third kappa shape index (κ3) is 3.80. The highest BCUT2D eigenvalue weighted by Crippen LogP contribution is 2.26. The molecule has 0 radical (unpaired) electrons. The van der Waals surface area contributed by atoms with Crippen molar-refractivity contribution in [2.45, 2.75) is 27.3 Å². The monoisotopic (exact) mass is 256 g/mol. The summed E-state index contributed by atoms with van der Waals surface area (Å²) >= 11 is 0. The van der Waals surface area contributed by atoms with E-state index in [9.17, 15) is 0 Å². The summed E-state index contributed by atoms with van der Waals surface area (Å²) in [6.07, 6.45) is 1.78. The Morgan fingerprint density at radius 2 is 2.00 bits per heavy atom. The molecule has 0 saturated carbocycles. The highest BCUT2D eigenvalue weighted by atomic mass is 16.5. The summed E-state index contributed by atoms with van der Waals surface area (Å²) in [6.45, 7) is 7.89. The lowest BCUT2D eigenvalue weighted by molar-refractivity contribution is 0.476. The minimum atomic E-state index is 0.764. The standard InChI is InChI=1S/C16H20N2O/c1-4-17-11-14-10-15(7-8-18-14)19-16-9-12(2)5-6-13(16)3/h5-10,17H,4,11H2,1-3H3. The molecule has 2 rings (SSSR count). The molecule has 19 heavy (non-hydrogen) atoms. The molecule has 1 N–H and O–H groups in total. The maximum absolute atomic E-state index is 5.94. The Morgan fingerprint density at radius 3 is 2.79 bits per heavy atom. The smallest absolute Gasteiger partial charge is 0.130 e. The quantitative estimate of drug-likeness (QED) is 0.887. The summed E-state index contributed by atoms with van der Waals surface area (Å²) in [6, 6.07) is 10.1. The lowest BCUT2D eigenvalue weighted by atomic mass is 10.1. The van der Waals surface area contributed by atoms with Crippen LogP contribution in [0.25, 0.3) is 0 Å². The molecule has 3 nitrogen and oxygen atoms in total. The minimum absolute atomic E-state index is 0.764. The van der Waals surface area contributed by atoms with E-state index in [0.717, 1.165) is 35.8 Å². The first-order chi connectivity index (χ1) is 9.19. The number of aromatic nitrogens is 1. The van der Waals surface area contributed by atoms with Crippen molar-refractivity contribution in [2.75, 3.05) is 6.54 Å². The summed E-state index contributed by atoms with van der Waals surface area (Å²) in [7, 11) is 0. The second-order valence-electron chi connectivity index (χ2n) is 4.63. The Hall–Kier alpha value is -1.87. The Morgan fingerprint density at radius 1 is 1.16 bits per heavy atom. The van der Waals surface area contributed by atoms with Gasteiger partial charge in [0, 0.05) is 18.8 Å². The Bertz CT molecular complexity index is 552. The van der Waals surface area contributed by atoms with Gasteiger partial charge in [0.05, 0.1) is 5.69 Å². The van der Waals surface area contributed by atoms with Crippen molar-refractivity contribution < 1.29 is 4.74 Å². The number of hydrogen-bond donors (Lipinski definition) is 1. The van der Waals surface area contributed by atoms with Gasteiger partial charge in [0.25, 0.3) is 0 Å². The highest BCUT2D eigenvalue weighted by Gasteiger charge is 2.03. The maximum atomic E-state index is 5.94. The number of benzene rings is 1. The van der Waals surface area contributed by atoms with Gasteiger partial charge in [-0.3, -0.25) is 4.98 Å². The number of aryl methyl sites for hydroxylation is 2. The molecule has 1 heterocycles. The average Bonchev–Trinajstić information content (AvgIpc) is 2.41. The van der Waals surface area contributed by atoms with Crippen LogP contribution in [-0.2, 0) is 6.54 Å². The third-order valence-electron chi connectivity index (χ3n) is 2.92. The van der Waals surface area contributed by atoms with E-state index in [1.807, 2.05) is 12.1 Å². The van der Waals surface area contributed by atoms with Crippen LogP contribution in [0.4, 0.5) is 0 Å². The van der Waals surface area contributed by atoms with Gasteiger partial charge in [-0.05, 0) is 43.7 Å². The zero-order valence-electron chi connectivity index (χ0n) is 11.7. The van der Waals surface area contributed by atoms with Gasteiger partial charge in [0.15, 0.2) is 0 Å². The largest absolute Gasteiger partial charge is 0.457 e. The molecule has 1 aromatic carbocycles. The van der Waals surface area contributed by atoms with Gasteiger partial charge in [-0.25, -0.2) is 0 Å². The van der Waals surface area contributed by atoms with Crippen LogP contribution < -0.4 is 10.1 Å². The predicted octanol–water partition coefficient (Wildman–Crippen LogP) is 3.60. The Labute approximate surface area is 114 Å². The minimum Gasteiger partial charge on any atom is -0.457 e. The van der Waals surface area contributed by atoms with Crippen LogP contribution in [0, 0.1) is 13.8 Å². The van der Waals surface area contributed by atoms with Crippen LogP contribution in [0.2, 0.25) is 0 Å². The fraction of sp³-hybridized carbons (Fsp3) is 0.312. The highest BCUT2D eigenvalue weighted by molar-refractivity contribution is 5.39. The van der Waals surface area contributed by atoms with Gasteiger partial charge in [0.2, 0.25) is 0 Å². The second-order valence-corrected chi connectivity index (χ2v) is 4.63. The molecule has 0 atom stereocenters. The predicted molar refractivity (Wildman–Crippen MR) is 77.6 cm³/mol. The van der Waals surface area contributed by atoms with E-state index < -0.39 is 0 Å². The summed E-state index contributed by atoms with van der Waals surface area (Å²) in [5.74, 6) is 1.73. The van der Waals surface area contributed by atoms with E-state index in [2.05, 4.69) is 49.3 Å². The van der Waals surface area contributed by atoms with Crippen LogP contribution >= 0.6 is 0 Å². The number of rotatable bonds is 5. The Kier molecular flexibility index (Phi) is 4.53. The lowest BCUT2D eigenvalue weighted by Gasteiger charge is -2.10. The van der Waals surface area contributed by atoms with Gasteiger partial charge in [-0.1, -0.05) is 19.1 Å². The average molecular weight is 256 g/mol. The molecule has 3 heteroatoms. The van der Waals surface area contributed by atoms with Crippen molar-refractivity contribution >= 4 is 0 Å². The molecule has 0 aliphatic heterocycles. The summed E-state index contributed by atoms with van der Waals surface area (Å²) in [5.41, 5.74) is 3.32. The van der Waals surface area contributed by atoms with Crippen molar-refractivity contribution in [3.63, 3.8) is 0 Å². The summed E-state index contributed by atoms with van der Waals surface area (Å²) < 4.78 is 5.94. The molecule has 100 valence electrons. The van der Waals surface area contributed by atoms with Crippen molar-refractivity contribution in [2.24, 2.45) is 0 Å². The van der Waals surface area contributed by atoms with E-state index in [0.29, 0.717) is 0 Å². The number of nitrogens with zero attached hydrogens (tertiary/aromatic N) is 1. The molecule has 0 aliphatic carbocycles. The maximum Gasteiger partial charge on any atom is 0.130 e. The normalized spacial score (nSPS) is 10.5. The SMILES string of the molecule is CCNCc1cc(Oc2cc(C)ccc2C)ccn1. The van der Waals surface area contributed by atoms with Gasteiger partial charge in [-0.15, -0.1) is 0 Å². The van der Waals surface area contributed by atoms with E-state index in [-0.39, 0.29) is 0 Å². The second kappa shape index (κ2) is 6.34. The number of nitrogens with one attached hydrogen (secondary N) is 1. The van der Waals surface area contributed by atoms with Crippen molar-refractivity contribution in [3.8, 4) is 11.5 Å². The molecule has 0 unspecified atom stereocenters. The molecule has 0 spiro atoms. The molecule has 0 aliphatic rings. The van der Waals surface area contributed by atoms with Gasteiger partial charge in [-0.2, -0.15) is 0 Å².